The van der Waals surface area contributed by atoms with E-state index in [0.29, 0.717) is 5.75 Å². The van der Waals surface area contributed by atoms with E-state index < -0.39 is 31.4 Å². The van der Waals surface area contributed by atoms with Crippen molar-refractivity contribution in [1.82, 2.24) is 0 Å². The molecule has 0 bridgehead atoms. The van der Waals surface area contributed by atoms with Crippen LogP contribution in [0, 0.1) is 5.41 Å². The fourth-order valence-electron chi connectivity index (χ4n) is 3.11. The van der Waals surface area contributed by atoms with Crippen molar-refractivity contribution in [1.29, 1.82) is 0 Å². The summed E-state index contributed by atoms with van der Waals surface area (Å²) < 4.78 is 63.7. The lowest BCUT2D eigenvalue weighted by molar-refractivity contribution is -0.123. The number of nitrogens with one attached hydrogen (secondary N) is 1. The van der Waals surface area contributed by atoms with Crippen molar-refractivity contribution in [3.05, 3.63) is 42.5 Å². The first-order chi connectivity index (χ1) is 13.9. The van der Waals surface area contributed by atoms with Crippen LogP contribution in [-0.4, -0.2) is 42.7 Å². The number of amides is 1. The second-order valence-corrected chi connectivity index (χ2v) is 10.9. The van der Waals surface area contributed by atoms with E-state index in [0.717, 1.165) is 4.31 Å². The molecule has 1 aliphatic heterocycles. The highest BCUT2D eigenvalue weighted by molar-refractivity contribution is 7.94. The van der Waals surface area contributed by atoms with Gasteiger partial charge in [-0.1, -0.05) is 0 Å². The van der Waals surface area contributed by atoms with Crippen molar-refractivity contribution in [2.45, 2.75) is 18.7 Å². The van der Waals surface area contributed by atoms with Gasteiger partial charge in [0.1, 0.15) is 11.5 Å². The summed E-state index contributed by atoms with van der Waals surface area (Å²) in [5, 5.41) is 0. The van der Waals surface area contributed by atoms with Crippen molar-refractivity contribution in [3.8, 4) is 11.5 Å². The number of carbonyl (C=O) groups is 1. The molecule has 0 unspecified atom stereocenters. The minimum Gasteiger partial charge on any atom is -0.497 e. The average Bonchev–Trinajstić information content (AvgIpc) is 2.84. The lowest BCUT2D eigenvalue weighted by atomic mass is 9.95. The Bertz CT molecular complexity index is 1190. The summed E-state index contributed by atoms with van der Waals surface area (Å²) in [4.78, 5) is 12.4. The van der Waals surface area contributed by atoms with Crippen molar-refractivity contribution in [3.63, 3.8) is 0 Å². The molecule has 1 amide bonds. The summed E-state index contributed by atoms with van der Waals surface area (Å²) in [5.41, 5.74) is -0.747. The van der Waals surface area contributed by atoms with Crippen LogP contribution in [0.5, 0.6) is 11.5 Å². The van der Waals surface area contributed by atoms with Gasteiger partial charge in [0.25, 0.3) is 10.0 Å². The maximum Gasteiger partial charge on any atom is 0.262 e. The predicted molar refractivity (Wildman–Crippen MR) is 112 cm³/mol. The summed E-state index contributed by atoms with van der Waals surface area (Å²) in [6.45, 7) is 3.11. The molecule has 0 aromatic heterocycles. The number of methoxy groups -OCH3 is 2. The molecule has 9 nitrogen and oxygen atoms in total. The summed E-state index contributed by atoms with van der Waals surface area (Å²) >= 11 is 0. The van der Waals surface area contributed by atoms with Gasteiger partial charge in [-0.25, -0.2) is 21.1 Å². The molecule has 0 saturated carbocycles. The summed E-state index contributed by atoms with van der Waals surface area (Å²) in [5.74, 6) is -0.0964. The normalized spacial score (nSPS) is 17.6. The van der Waals surface area contributed by atoms with E-state index in [-0.39, 0.29) is 27.8 Å². The molecule has 0 aliphatic carbocycles. The van der Waals surface area contributed by atoms with Crippen LogP contribution >= 0.6 is 0 Å². The number of nitrogens with zero attached hydrogens (tertiary/aromatic N) is 1. The van der Waals surface area contributed by atoms with Gasteiger partial charge in [-0.05, 0) is 50.2 Å². The van der Waals surface area contributed by atoms with Gasteiger partial charge in [-0.3, -0.25) is 9.52 Å². The topological polar surface area (TPSA) is 119 Å². The fourth-order valence-corrected chi connectivity index (χ4v) is 6.29. The van der Waals surface area contributed by atoms with Crippen LogP contribution in [0.2, 0.25) is 0 Å². The van der Waals surface area contributed by atoms with Crippen LogP contribution in [0.15, 0.2) is 47.4 Å². The second-order valence-electron chi connectivity index (χ2n) is 7.38. The first kappa shape index (κ1) is 21.9. The molecular formula is C19H22N2O7S2. The summed E-state index contributed by atoms with van der Waals surface area (Å²) in [6.07, 6.45) is 0. The number of hydrogen-bond donors (Lipinski definition) is 1. The number of hydrogen-bond acceptors (Lipinski definition) is 7. The van der Waals surface area contributed by atoms with Gasteiger partial charge < -0.3 is 9.47 Å². The van der Waals surface area contributed by atoms with E-state index in [1.807, 2.05) is 0 Å². The third-order valence-electron chi connectivity index (χ3n) is 4.62. The Hall–Kier alpha value is -2.79. The van der Waals surface area contributed by atoms with E-state index in [1.165, 1.54) is 50.6 Å². The van der Waals surface area contributed by atoms with Crippen molar-refractivity contribution in [2.75, 3.05) is 29.0 Å². The molecule has 1 heterocycles. The van der Waals surface area contributed by atoms with Crippen LogP contribution in [0.1, 0.15) is 13.8 Å². The van der Waals surface area contributed by atoms with Gasteiger partial charge in [0.15, 0.2) is 0 Å². The zero-order valence-electron chi connectivity index (χ0n) is 16.9. The Morgan fingerprint density at radius 1 is 1.03 bits per heavy atom. The molecule has 0 atom stereocenters. The molecule has 30 heavy (non-hydrogen) atoms. The smallest absolute Gasteiger partial charge is 0.262 e. The number of rotatable bonds is 6. The molecule has 0 radical (unpaired) electrons. The van der Waals surface area contributed by atoms with Crippen LogP contribution < -0.4 is 18.5 Å². The molecule has 2 aromatic carbocycles. The van der Waals surface area contributed by atoms with E-state index in [2.05, 4.69) is 4.72 Å². The molecule has 1 aliphatic rings. The minimum absolute atomic E-state index is 0.0894. The predicted octanol–water partition coefficient (Wildman–Crippen LogP) is 2.21. The van der Waals surface area contributed by atoms with Crippen LogP contribution in [0.4, 0.5) is 11.4 Å². The van der Waals surface area contributed by atoms with Crippen LogP contribution in [0.3, 0.4) is 0 Å². The minimum atomic E-state index is -3.99. The lowest BCUT2D eigenvalue weighted by Gasteiger charge is -2.18. The quantitative estimate of drug-likeness (QED) is 0.711. The molecule has 162 valence electrons. The highest BCUT2D eigenvalue weighted by Gasteiger charge is 2.49. The first-order valence-corrected chi connectivity index (χ1v) is 11.9. The molecule has 0 spiro atoms. The highest BCUT2D eigenvalue weighted by Crippen LogP contribution is 2.36. The highest BCUT2D eigenvalue weighted by atomic mass is 32.2. The van der Waals surface area contributed by atoms with Gasteiger partial charge in [-0.2, -0.15) is 0 Å². The molecule has 1 saturated heterocycles. The Morgan fingerprint density at radius 3 is 2.17 bits per heavy atom. The molecule has 2 aromatic rings. The number of sulfonamides is 2. The van der Waals surface area contributed by atoms with E-state index in [9.17, 15) is 21.6 Å². The fraction of sp³-hybridized carbons (Fsp3) is 0.316. The first-order valence-electron chi connectivity index (χ1n) is 8.84. The maximum atomic E-state index is 12.8. The Labute approximate surface area is 175 Å². The zero-order valence-corrected chi connectivity index (χ0v) is 18.5. The molecule has 1 N–H and O–H groups in total. The average molecular weight is 455 g/mol. The van der Waals surface area contributed by atoms with Gasteiger partial charge >= 0.3 is 0 Å². The Balaban J connectivity index is 1.90. The van der Waals surface area contributed by atoms with Crippen molar-refractivity contribution >= 4 is 37.3 Å². The van der Waals surface area contributed by atoms with Crippen LogP contribution in [0.25, 0.3) is 0 Å². The molecule has 11 heteroatoms. The number of benzene rings is 2. The van der Waals surface area contributed by atoms with Gasteiger partial charge in [-0.15, -0.1) is 0 Å². The number of anilines is 2. The van der Waals surface area contributed by atoms with Crippen molar-refractivity contribution in [2.24, 2.45) is 5.41 Å². The van der Waals surface area contributed by atoms with Crippen molar-refractivity contribution < 1.29 is 31.1 Å². The summed E-state index contributed by atoms with van der Waals surface area (Å²) in [6, 6.07) is 9.67. The largest absolute Gasteiger partial charge is 0.497 e. The molecular weight excluding hydrogens is 432 g/mol. The lowest BCUT2D eigenvalue weighted by Crippen LogP contribution is -2.32. The van der Waals surface area contributed by atoms with Gasteiger partial charge in [0.2, 0.25) is 15.9 Å². The standard InChI is InChI=1S/C19H22N2O7S2/c1-19(2)12-29(23,24)21(18(19)22)13-5-8-15(9-6-13)30(25,26)20-16-10-7-14(27-3)11-17(16)28-4/h5-11,20H,12H2,1-4H3. The SMILES string of the molecule is COc1ccc(NS(=O)(=O)c2ccc(N3C(=O)C(C)(C)CS3(=O)=O)cc2)c(OC)c1. The zero-order chi connectivity index (χ0) is 22.3. The van der Waals surface area contributed by atoms with E-state index in [4.69, 9.17) is 9.47 Å². The number of carbonyl (C=O) groups excluding carboxylic acids is 1. The summed E-state index contributed by atoms with van der Waals surface area (Å²) in [7, 11) is -4.94. The van der Waals surface area contributed by atoms with Crippen LogP contribution in [-0.2, 0) is 24.8 Å². The Morgan fingerprint density at radius 2 is 1.67 bits per heavy atom. The van der Waals surface area contributed by atoms with Gasteiger partial charge in [0, 0.05) is 6.07 Å². The maximum absolute atomic E-state index is 12.8. The molecule has 3 rings (SSSR count). The van der Waals surface area contributed by atoms with E-state index in [1.54, 1.807) is 19.9 Å². The number of ether oxygens (including phenoxy) is 2. The Kier molecular flexibility index (Phi) is 5.46. The monoisotopic (exact) mass is 454 g/mol. The second kappa shape index (κ2) is 7.47. The van der Waals surface area contributed by atoms with E-state index >= 15 is 0 Å². The molecule has 1 fully saturated rings. The third kappa shape index (κ3) is 3.94. The third-order valence-corrected chi connectivity index (χ3v) is 8.02. The van der Waals surface area contributed by atoms with Gasteiger partial charge in [0.05, 0.1) is 41.7 Å².